The van der Waals surface area contributed by atoms with Crippen LogP contribution in [-0.4, -0.2) is 22.6 Å². The SMILES string of the molecule is NC(=O)c1cccc(OC2(CC(=O)O)CCC2)c1. The van der Waals surface area contributed by atoms with E-state index in [0.29, 0.717) is 11.3 Å². The van der Waals surface area contributed by atoms with Crippen LogP contribution in [0.3, 0.4) is 0 Å². The molecule has 1 aliphatic carbocycles. The molecule has 2 rings (SSSR count). The van der Waals surface area contributed by atoms with Crippen molar-refractivity contribution in [3.63, 3.8) is 0 Å². The molecule has 0 bridgehead atoms. The van der Waals surface area contributed by atoms with Gasteiger partial charge in [0.15, 0.2) is 0 Å². The van der Waals surface area contributed by atoms with E-state index in [1.807, 2.05) is 0 Å². The largest absolute Gasteiger partial charge is 0.487 e. The zero-order chi connectivity index (χ0) is 13.2. The van der Waals surface area contributed by atoms with Gasteiger partial charge < -0.3 is 15.6 Å². The van der Waals surface area contributed by atoms with E-state index in [9.17, 15) is 9.59 Å². The van der Waals surface area contributed by atoms with E-state index >= 15 is 0 Å². The maximum Gasteiger partial charge on any atom is 0.307 e. The van der Waals surface area contributed by atoms with E-state index < -0.39 is 17.5 Å². The standard InChI is InChI=1S/C13H15NO4/c14-12(17)9-3-1-4-10(7-9)18-13(5-2-6-13)8-11(15)16/h1,3-4,7H,2,5-6,8H2,(H2,14,17)(H,15,16). The molecule has 1 aromatic rings. The van der Waals surface area contributed by atoms with Gasteiger partial charge in [-0.05, 0) is 37.5 Å². The maximum absolute atomic E-state index is 11.1. The predicted molar refractivity (Wildman–Crippen MR) is 64.4 cm³/mol. The zero-order valence-electron chi connectivity index (χ0n) is 9.89. The van der Waals surface area contributed by atoms with Crippen LogP contribution in [0.2, 0.25) is 0 Å². The van der Waals surface area contributed by atoms with Gasteiger partial charge in [-0.2, -0.15) is 0 Å². The number of nitrogens with two attached hydrogens (primary N) is 1. The van der Waals surface area contributed by atoms with Crippen molar-refractivity contribution in [2.24, 2.45) is 5.73 Å². The monoisotopic (exact) mass is 249 g/mol. The minimum atomic E-state index is -0.874. The lowest BCUT2D eigenvalue weighted by Crippen LogP contribution is -2.45. The number of carbonyl (C=O) groups is 2. The van der Waals surface area contributed by atoms with E-state index in [1.54, 1.807) is 24.3 Å². The second-order valence-electron chi connectivity index (χ2n) is 4.60. The Hall–Kier alpha value is -2.04. The number of primary amides is 1. The minimum Gasteiger partial charge on any atom is -0.487 e. The number of carboxylic acid groups (broad SMARTS) is 1. The van der Waals surface area contributed by atoms with Crippen molar-refractivity contribution in [2.75, 3.05) is 0 Å². The van der Waals surface area contributed by atoms with Gasteiger partial charge >= 0.3 is 5.97 Å². The highest BCUT2D eigenvalue weighted by atomic mass is 16.5. The fraction of sp³-hybridized carbons (Fsp3) is 0.385. The highest BCUT2D eigenvalue weighted by molar-refractivity contribution is 5.93. The summed E-state index contributed by atoms with van der Waals surface area (Å²) in [6, 6.07) is 6.51. The molecule has 1 fully saturated rings. The topological polar surface area (TPSA) is 89.6 Å². The average molecular weight is 249 g/mol. The van der Waals surface area contributed by atoms with E-state index in [0.717, 1.165) is 19.3 Å². The van der Waals surface area contributed by atoms with Crippen molar-refractivity contribution in [1.82, 2.24) is 0 Å². The summed E-state index contributed by atoms with van der Waals surface area (Å²) >= 11 is 0. The predicted octanol–water partition coefficient (Wildman–Crippen LogP) is 1.56. The second kappa shape index (κ2) is 4.68. The van der Waals surface area contributed by atoms with Gasteiger partial charge in [0.05, 0.1) is 6.42 Å². The smallest absolute Gasteiger partial charge is 0.307 e. The van der Waals surface area contributed by atoms with Crippen molar-refractivity contribution in [1.29, 1.82) is 0 Å². The molecule has 5 nitrogen and oxygen atoms in total. The number of rotatable bonds is 5. The van der Waals surface area contributed by atoms with Gasteiger partial charge in [0.1, 0.15) is 11.4 Å². The van der Waals surface area contributed by atoms with Gasteiger partial charge in [0.2, 0.25) is 5.91 Å². The summed E-state index contributed by atoms with van der Waals surface area (Å²) in [5.41, 5.74) is 4.92. The molecule has 3 N–H and O–H groups in total. The first-order chi connectivity index (χ1) is 8.51. The van der Waals surface area contributed by atoms with Crippen LogP contribution in [0.15, 0.2) is 24.3 Å². The van der Waals surface area contributed by atoms with Crippen LogP contribution in [0, 0.1) is 0 Å². The third kappa shape index (κ3) is 2.61. The quantitative estimate of drug-likeness (QED) is 0.828. The molecular weight excluding hydrogens is 234 g/mol. The number of benzene rings is 1. The molecule has 0 spiro atoms. The molecule has 1 saturated carbocycles. The third-order valence-electron chi connectivity index (χ3n) is 3.19. The first-order valence-electron chi connectivity index (χ1n) is 5.81. The summed E-state index contributed by atoms with van der Waals surface area (Å²) in [6.07, 6.45) is 2.39. The first kappa shape index (κ1) is 12.4. The molecule has 1 amide bonds. The summed E-state index contributed by atoms with van der Waals surface area (Å²) in [4.78, 5) is 21.9. The zero-order valence-corrected chi connectivity index (χ0v) is 9.89. The van der Waals surface area contributed by atoms with Crippen molar-refractivity contribution >= 4 is 11.9 Å². The van der Waals surface area contributed by atoms with E-state index in [4.69, 9.17) is 15.6 Å². The van der Waals surface area contributed by atoms with Crippen LogP contribution >= 0.6 is 0 Å². The van der Waals surface area contributed by atoms with E-state index in [-0.39, 0.29) is 6.42 Å². The lowest BCUT2D eigenvalue weighted by Gasteiger charge is -2.40. The Kier molecular flexibility index (Phi) is 3.23. The maximum atomic E-state index is 11.1. The fourth-order valence-electron chi connectivity index (χ4n) is 2.12. The molecule has 0 aromatic heterocycles. The number of carboxylic acids is 1. The van der Waals surface area contributed by atoms with Gasteiger partial charge in [-0.25, -0.2) is 0 Å². The van der Waals surface area contributed by atoms with Crippen molar-refractivity contribution in [3.8, 4) is 5.75 Å². The van der Waals surface area contributed by atoms with Crippen molar-refractivity contribution < 1.29 is 19.4 Å². The van der Waals surface area contributed by atoms with Gasteiger partial charge in [0.25, 0.3) is 0 Å². The molecule has 18 heavy (non-hydrogen) atoms. The van der Waals surface area contributed by atoms with Gasteiger partial charge in [0, 0.05) is 5.56 Å². The lowest BCUT2D eigenvalue weighted by atomic mass is 9.77. The summed E-state index contributed by atoms with van der Waals surface area (Å²) < 4.78 is 5.75. The summed E-state index contributed by atoms with van der Waals surface area (Å²) in [6.45, 7) is 0. The molecule has 0 unspecified atom stereocenters. The van der Waals surface area contributed by atoms with Crippen LogP contribution in [0.4, 0.5) is 0 Å². The Balaban J connectivity index is 2.14. The molecule has 0 radical (unpaired) electrons. The minimum absolute atomic E-state index is 0.0200. The Morgan fingerprint density at radius 3 is 2.61 bits per heavy atom. The summed E-state index contributed by atoms with van der Waals surface area (Å²) in [5.74, 6) is -0.908. The molecular formula is C13H15NO4. The van der Waals surface area contributed by atoms with E-state index in [2.05, 4.69) is 0 Å². The molecule has 0 atom stereocenters. The number of carbonyl (C=O) groups excluding carboxylic acids is 1. The van der Waals surface area contributed by atoms with Crippen LogP contribution in [-0.2, 0) is 4.79 Å². The Morgan fingerprint density at radius 1 is 1.39 bits per heavy atom. The Bertz CT molecular complexity index is 480. The molecule has 0 saturated heterocycles. The molecule has 1 aromatic carbocycles. The van der Waals surface area contributed by atoms with Crippen molar-refractivity contribution in [2.45, 2.75) is 31.3 Å². The van der Waals surface area contributed by atoms with Crippen LogP contribution in [0.1, 0.15) is 36.0 Å². The highest BCUT2D eigenvalue weighted by Gasteiger charge is 2.41. The molecule has 0 aliphatic heterocycles. The highest BCUT2D eigenvalue weighted by Crippen LogP contribution is 2.39. The fourth-order valence-corrected chi connectivity index (χ4v) is 2.12. The third-order valence-corrected chi connectivity index (χ3v) is 3.19. The number of aliphatic carboxylic acids is 1. The van der Waals surface area contributed by atoms with Gasteiger partial charge in [-0.3, -0.25) is 9.59 Å². The number of hydrogen-bond acceptors (Lipinski definition) is 3. The number of ether oxygens (including phenoxy) is 1. The summed E-state index contributed by atoms with van der Waals surface area (Å²) in [5, 5.41) is 8.88. The van der Waals surface area contributed by atoms with Crippen LogP contribution in [0.25, 0.3) is 0 Å². The number of hydrogen-bond donors (Lipinski definition) is 2. The Morgan fingerprint density at radius 2 is 2.11 bits per heavy atom. The van der Waals surface area contributed by atoms with Crippen LogP contribution < -0.4 is 10.5 Å². The number of amides is 1. The van der Waals surface area contributed by atoms with Crippen molar-refractivity contribution in [3.05, 3.63) is 29.8 Å². The van der Waals surface area contributed by atoms with Gasteiger partial charge in [-0.15, -0.1) is 0 Å². The molecule has 5 heteroatoms. The second-order valence-corrected chi connectivity index (χ2v) is 4.60. The Labute approximate surface area is 105 Å². The molecule has 96 valence electrons. The molecule has 0 heterocycles. The molecule has 1 aliphatic rings. The lowest BCUT2D eigenvalue weighted by molar-refractivity contribution is -0.144. The van der Waals surface area contributed by atoms with E-state index in [1.165, 1.54) is 0 Å². The van der Waals surface area contributed by atoms with Crippen LogP contribution in [0.5, 0.6) is 5.75 Å². The van der Waals surface area contributed by atoms with Gasteiger partial charge in [-0.1, -0.05) is 6.07 Å². The normalized spacial score (nSPS) is 16.7. The average Bonchev–Trinajstić information content (AvgIpc) is 2.25. The summed E-state index contributed by atoms with van der Waals surface area (Å²) in [7, 11) is 0. The first-order valence-corrected chi connectivity index (χ1v) is 5.81.